The number of nitrogens with zero attached hydrogens (tertiary/aromatic N) is 5. The van der Waals surface area contributed by atoms with Gasteiger partial charge in [-0.3, -0.25) is 15.2 Å². The Morgan fingerprint density at radius 1 is 1.25 bits per heavy atom. The van der Waals surface area contributed by atoms with Gasteiger partial charge in [-0.25, -0.2) is 15.0 Å². The maximum absolute atomic E-state index is 6.22. The Morgan fingerprint density at radius 2 is 2.17 bits per heavy atom. The van der Waals surface area contributed by atoms with Crippen molar-refractivity contribution in [2.45, 2.75) is 12.0 Å². The quantitative estimate of drug-likeness (QED) is 0.901. The van der Waals surface area contributed by atoms with Crippen molar-refractivity contribution in [2.75, 3.05) is 31.5 Å². The Morgan fingerprint density at radius 3 is 2.96 bits per heavy atom. The summed E-state index contributed by atoms with van der Waals surface area (Å²) >= 11 is 0. The molecule has 7 heteroatoms. The molecule has 3 aliphatic rings. The Kier molecular flexibility index (Phi) is 3.02. The second-order valence-corrected chi connectivity index (χ2v) is 6.66. The van der Waals surface area contributed by atoms with Crippen molar-refractivity contribution in [3.63, 3.8) is 0 Å². The molecule has 2 aromatic heterocycles. The van der Waals surface area contributed by atoms with Gasteiger partial charge in [-0.15, -0.1) is 0 Å². The van der Waals surface area contributed by atoms with Crippen LogP contribution >= 0.6 is 0 Å². The molecular weight excluding hydrogens is 304 g/mol. The third-order valence-corrected chi connectivity index (χ3v) is 5.18. The van der Waals surface area contributed by atoms with E-state index >= 15 is 0 Å². The topological polar surface area (TPSA) is 75.5 Å². The van der Waals surface area contributed by atoms with Crippen LogP contribution in [-0.4, -0.2) is 57.7 Å². The summed E-state index contributed by atoms with van der Waals surface area (Å²) in [7, 11) is 0. The number of ether oxygens (including phenoxy) is 1. The number of hydrogen-bond acceptors (Lipinski definition) is 7. The van der Waals surface area contributed by atoms with Crippen LogP contribution in [0, 0.1) is 5.92 Å². The lowest BCUT2D eigenvalue weighted by molar-refractivity contribution is 0.0364. The van der Waals surface area contributed by atoms with Crippen LogP contribution in [0.25, 0.3) is 11.3 Å². The van der Waals surface area contributed by atoms with Crippen LogP contribution in [0.4, 0.5) is 5.82 Å². The summed E-state index contributed by atoms with van der Waals surface area (Å²) in [6.07, 6.45) is 6.26. The lowest BCUT2D eigenvalue weighted by Gasteiger charge is -2.32. The molecule has 2 aromatic rings. The largest absolute Gasteiger partial charge is 0.455 e. The normalized spacial score (nSPS) is 30.4. The smallest absolute Gasteiger partial charge is 0.291 e. The van der Waals surface area contributed by atoms with Crippen molar-refractivity contribution in [3.8, 4) is 11.3 Å². The zero-order valence-corrected chi connectivity index (χ0v) is 13.2. The van der Waals surface area contributed by atoms with Crippen LogP contribution in [0.15, 0.2) is 41.9 Å². The second-order valence-electron chi connectivity index (χ2n) is 6.66. The van der Waals surface area contributed by atoms with Gasteiger partial charge in [0.1, 0.15) is 17.7 Å². The van der Waals surface area contributed by atoms with E-state index in [1.165, 1.54) is 13.0 Å². The molecule has 0 aliphatic carbocycles. The monoisotopic (exact) mass is 322 g/mol. The van der Waals surface area contributed by atoms with E-state index < -0.39 is 0 Å². The molecule has 5 heterocycles. The minimum absolute atomic E-state index is 0.123. The highest BCUT2D eigenvalue weighted by atomic mass is 16.5. The van der Waals surface area contributed by atoms with Crippen LogP contribution in [0.2, 0.25) is 0 Å². The van der Waals surface area contributed by atoms with Gasteiger partial charge in [-0.1, -0.05) is 0 Å². The Labute approximate surface area is 139 Å². The highest BCUT2D eigenvalue weighted by Crippen LogP contribution is 2.41. The second kappa shape index (κ2) is 5.24. The van der Waals surface area contributed by atoms with E-state index in [0.717, 1.165) is 30.9 Å². The van der Waals surface area contributed by atoms with Crippen LogP contribution in [-0.2, 0) is 4.74 Å². The number of anilines is 1. The molecule has 1 spiro atoms. The summed E-state index contributed by atoms with van der Waals surface area (Å²) in [5.74, 6) is 1.29. The van der Waals surface area contributed by atoms with E-state index in [0.29, 0.717) is 17.8 Å². The minimum atomic E-state index is -0.123. The maximum atomic E-state index is 6.22. The maximum Gasteiger partial charge on any atom is 0.291 e. The number of nitrogens with one attached hydrogen (secondary N) is 1. The van der Waals surface area contributed by atoms with Crippen LogP contribution < -0.4 is 5.32 Å². The first-order chi connectivity index (χ1) is 11.8. The third kappa shape index (κ3) is 2.24. The van der Waals surface area contributed by atoms with Gasteiger partial charge in [0.25, 0.3) is 6.02 Å². The summed E-state index contributed by atoms with van der Waals surface area (Å²) < 4.78 is 6.22. The van der Waals surface area contributed by atoms with Crippen molar-refractivity contribution in [1.29, 1.82) is 0 Å². The average molecular weight is 322 g/mol. The van der Waals surface area contributed by atoms with Crippen molar-refractivity contribution in [2.24, 2.45) is 10.9 Å². The van der Waals surface area contributed by atoms with Crippen molar-refractivity contribution in [1.82, 2.24) is 19.9 Å². The molecule has 2 fully saturated rings. The predicted molar refractivity (Wildman–Crippen MR) is 89.6 cm³/mol. The van der Waals surface area contributed by atoms with Gasteiger partial charge >= 0.3 is 0 Å². The Balaban J connectivity index is 1.32. The molecule has 3 atom stereocenters. The van der Waals surface area contributed by atoms with Crippen LogP contribution in [0.1, 0.15) is 6.42 Å². The number of amidine groups is 1. The minimum Gasteiger partial charge on any atom is -0.455 e. The molecule has 7 nitrogen and oxygen atoms in total. The van der Waals surface area contributed by atoms with Gasteiger partial charge in [0.15, 0.2) is 0 Å². The lowest BCUT2D eigenvalue weighted by Crippen LogP contribution is -2.46. The van der Waals surface area contributed by atoms with E-state index in [-0.39, 0.29) is 5.60 Å². The first kappa shape index (κ1) is 13.9. The first-order valence-electron chi connectivity index (χ1n) is 8.26. The highest BCUT2D eigenvalue weighted by molar-refractivity contribution is 5.90. The molecule has 5 rings (SSSR count). The summed E-state index contributed by atoms with van der Waals surface area (Å²) in [5.41, 5.74) is 1.72. The standard InChI is InChI=1S/C17H18N6O/c1-4-18-5-2-12(1)14-7-15(21-11-20-14)22-16-19-9-17(24-16)10-23-6-3-13(17)8-23/h1-2,4-5,7,11,13H,3,6,8-10H2,(H,19,20,21,22)/t13-,17-/m0/s1. The number of fused-ring (bicyclic) bond motifs is 3. The number of aromatic nitrogens is 3. The van der Waals surface area contributed by atoms with Gasteiger partial charge in [0, 0.05) is 43.0 Å². The van der Waals surface area contributed by atoms with Gasteiger partial charge in [-0.05, 0) is 25.1 Å². The highest BCUT2D eigenvalue weighted by Gasteiger charge is 2.54. The lowest BCUT2D eigenvalue weighted by atomic mass is 9.88. The number of hydrogen-bond donors (Lipinski definition) is 1. The molecule has 0 radical (unpaired) electrons. The molecule has 1 N–H and O–H groups in total. The summed E-state index contributed by atoms with van der Waals surface area (Å²) in [6.45, 7) is 4.05. The number of rotatable bonds is 2. The predicted octanol–water partition coefficient (Wildman–Crippen LogP) is 1.41. The van der Waals surface area contributed by atoms with Gasteiger partial charge < -0.3 is 4.74 Å². The zero-order chi connectivity index (χ0) is 16.0. The molecule has 0 aromatic carbocycles. The zero-order valence-electron chi connectivity index (χ0n) is 13.2. The molecule has 2 bridgehead atoms. The number of aliphatic imine (C=N–C) groups is 1. The average Bonchev–Trinajstić information content (AvgIpc) is 3.33. The summed E-state index contributed by atoms with van der Waals surface area (Å²) in [6, 6.07) is 6.32. The molecule has 122 valence electrons. The molecule has 24 heavy (non-hydrogen) atoms. The fraction of sp³-hybridized carbons (Fsp3) is 0.412. The summed E-state index contributed by atoms with van der Waals surface area (Å²) in [5, 5.41) is 3.20. The van der Waals surface area contributed by atoms with E-state index in [2.05, 4.69) is 30.2 Å². The van der Waals surface area contributed by atoms with Crippen LogP contribution in [0.5, 0.6) is 0 Å². The van der Waals surface area contributed by atoms with E-state index in [9.17, 15) is 0 Å². The first-order valence-corrected chi connectivity index (χ1v) is 8.26. The molecule has 3 aliphatic heterocycles. The Hall–Kier alpha value is -2.54. The molecule has 0 saturated carbocycles. The fourth-order valence-electron chi connectivity index (χ4n) is 3.95. The van der Waals surface area contributed by atoms with Gasteiger partial charge in [-0.2, -0.15) is 0 Å². The molecular formula is C17H18N6O. The van der Waals surface area contributed by atoms with Crippen molar-refractivity contribution in [3.05, 3.63) is 36.9 Å². The SMILES string of the molecule is c1cc(-c2cc(NC3=NC[C@@]4(CN5CC[C@H]4C5)O3)ncn2)ccn1. The third-order valence-electron chi connectivity index (χ3n) is 5.18. The van der Waals surface area contributed by atoms with Gasteiger partial charge in [0.05, 0.1) is 12.2 Å². The number of pyridine rings is 1. The van der Waals surface area contributed by atoms with E-state index in [1.54, 1.807) is 18.7 Å². The molecule has 1 unspecified atom stereocenters. The van der Waals surface area contributed by atoms with E-state index in [1.807, 2.05) is 18.2 Å². The fourth-order valence-corrected chi connectivity index (χ4v) is 3.95. The van der Waals surface area contributed by atoms with Crippen molar-refractivity contribution >= 4 is 11.8 Å². The van der Waals surface area contributed by atoms with E-state index in [4.69, 9.17) is 4.74 Å². The molecule has 2 saturated heterocycles. The Bertz CT molecular complexity index is 795. The van der Waals surface area contributed by atoms with Crippen molar-refractivity contribution < 1.29 is 4.74 Å². The van der Waals surface area contributed by atoms with Crippen LogP contribution in [0.3, 0.4) is 0 Å². The van der Waals surface area contributed by atoms with Gasteiger partial charge in [0.2, 0.25) is 0 Å². The summed E-state index contributed by atoms with van der Waals surface area (Å²) in [4.78, 5) is 19.7. The number of piperidine rings is 1. The molecule has 0 amide bonds.